The summed E-state index contributed by atoms with van der Waals surface area (Å²) in [6.07, 6.45) is 2.02. The highest BCUT2D eigenvalue weighted by Gasteiger charge is 2.08. The number of aromatic nitrogens is 2. The minimum absolute atomic E-state index is 0.977. The number of fused-ring (bicyclic) bond motifs is 2. The van der Waals surface area contributed by atoms with Gasteiger partial charge < -0.3 is 4.98 Å². The molecule has 0 aliphatic heterocycles. The van der Waals surface area contributed by atoms with Crippen LogP contribution in [-0.2, 0) is 0 Å². The van der Waals surface area contributed by atoms with Crippen LogP contribution < -0.4 is 0 Å². The van der Waals surface area contributed by atoms with Gasteiger partial charge in [-0.2, -0.15) is 0 Å². The molecule has 2 aromatic heterocycles. The Labute approximate surface area is 138 Å². The summed E-state index contributed by atoms with van der Waals surface area (Å²) in [4.78, 5) is 8.10. The van der Waals surface area contributed by atoms with Gasteiger partial charge in [-0.3, -0.25) is 0 Å². The van der Waals surface area contributed by atoms with Gasteiger partial charge in [-0.25, -0.2) is 4.98 Å². The Morgan fingerprint density at radius 2 is 1.62 bits per heavy atom. The molecule has 0 saturated carbocycles. The third kappa shape index (κ3) is 2.28. The molecule has 102 valence electrons. The molecule has 0 saturated heterocycles. The van der Waals surface area contributed by atoms with Gasteiger partial charge in [0.2, 0.25) is 0 Å². The van der Waals surface area contributed by atoms with Crippen molar-refractivity contribution in [2.24, 2.45) is 0 Å². The Morgan fingerprint density at radius 3 is 2.52 bits per heavy atom. The van der Waals surface area contributed by atoms with Crippen LogP contribution in [0.3, 0.4) is 0 Å². The predicted octanol–water partition coefficient (Wildman–Crippen LogP) is 5.91. The Hall–Kier alpha value is -1.65. The molecule has 0 aliphatic rings. The quantitative estimate of drug-likeness (QED) is 0.422. The lowest BCUT2D eigenvalue weighted by molar-refractivity contribution is 1.39. The van der Waals surface area contributed by atoms with Crippen LogP contribution in [0.5, 0.6) is 0 Å². The topological polar surface area (TPSA) is 28.7 Å². The van der Waals surface area contributed by atoms with Crippen molar-refractivity contribution in [2.75, 3.05) is 0 Å². The third-order valence-electron chi connectivity index (χ3n) is 3.57. The number of nitrogens with one attached hydrogen (secondary N) is 1. The summed E-state index contributed by atoms with van der Waals surface area (Å²) in [6, 6.07) is 16.6. The van der Waals surface area contributed by atoms with Crippen molar-refractivity contribution < 1.29 is 0 Å². The van der Waals surface area contributed by atoms with Crippen molar-refractivity contribution >= 4 is 53.7 Å². The van der Waals surface area contributed by atoms with Gasteiger partial charge in [0.15, 0.2) is 0 Å². The lowest BCUT2D eigenvalue weighted by atomic mass is 10.1. The highest BCUT2D eigenvalue weighted by Crippen LogP contribution is 2.31. The zero-order valence-electron chi connectivity index (χ0n) is 10.9. The number of halogens is 2. The number of rotatable bonds is 1. The van der Waals surface area contributed by atoms with E-state index in [9.17, 15) is 0 Å². The molecule has 0 aliphatic carbocycles. The molecule has 0 atom stereocenters. The molecule has 2 heterocycles. The summed E-state index contributed by atoms with van der Waals surface area (Å²) in [7, 11) is 0. The minimum atomic E-state index is 0.977. The molecule has 4 rings (SSSR count). The van der Waals surface area contributed by atoms with E-state index in [4.69, 9.17) is 4.98 Å². The molecule has 0 bridgehead atoms. The van der Waals surface area contributed by atoms with Crippen molar-refractivity contribution in [1.82, 2.24) is 9.97 Å². The monoisotopic (exact) mass is 400 g/mol. The second kappa shape index (κ2) is 4.97. The van der Waals surface area contributed by atoms with Crippen molar-refractivity contribution in [2.45, 2.75) is 0 Å². The average Bonchev–Trinajstić information content (AvgIpc) is 2.89. The average molecular weight is 402 g/mol. The van der Waals surface area contributed by atoms with Crippen LogP contribution >= 0.6 is 31.9 Å². The molecule has 0 unspecified atom stereocenters. The standard InChI is InChI=1S/C17H10Br2N2/c18-11-4-6-15-13(7-11)14(9-20-15)16-5-2-10-1-3-12(19)8-17(10)21-16/h1-9,20H. The van der Waals surface area contributed by atoms with Gasteiger partial charge in [0, 0.05) is 37.0 Å². The van der Waals surface area contributed by atoms with Crippen LogP contribution in [0.2, 0.25) is 0 Å². The van der Waals surface area contributed by atoms with Gasteiger partial charge in [0.1, 0.15) is 0 Å². The van der Waals surface area contributed by atoms with Crippen LogP contribution in [0.25, 0.3) is 33.1 Å². The fourth-order valence-corrected chi connectivity index (χ4v) is 3.26. The van der Waals surface area contributed by atoms with Crippen molar-refractivity contribution in [3.63, 3.8) is 0 Å². The Bertz CT molecular complexity index is 973. The maximum atomic E-state index is 4.79. The fourth-order valence-electron chi connectivity index (χ4n) is 2.55. The van der Waals surface area contributed by atoms with E-state index in [0.717, 1.165) is 36.6 Å². The van der Waals surface area contributed by atoms with Gasteiger partial charge in [-0.1, -0.05) is 44.0 Å². The molecular formula is C17H10Br2N2. The smallest absolute Gasteiger partial charge is 0.0731 e. The second-order valence-corrected chi connectivity index (χ2v) is 6.76. The normalized spacial score (nSPS) is 11.3. The first-order chi connectivity index (χ1) is 10.2. The number of H-pyrrole nitrogens is 1. The molecule has 21 heavy (non-hydrogen) atoms. The maximum Gasteiger partial charge on any atom is 0.0731 e. The lowest BCUT2D eigenvalue weighted by Crippen LogP contribution is -1.84. The summed E-state index contributed by atoms with van der Waals surface area (Å²) < 4.78 is 2.11. The summed E-state index contributed by atoms with van der Waals surface area (Å²) in [5.74, 6) is 0. The molecule has 2 nitrogen and oxygen atoms in total. The van der Waals surface area contributed by atoms with Gasteiger partial charge in [-0.15, -0.1) is 0 Å². The Balaban J connectivity index is 1.97. The lowest BCUT2D eigenvalue weighted by Gasteiger charge is -2.03. The highest BCUT2D eigenvalue weighted by atomic mass is 79.9. The molecule has 4 aromatic rings. The van der Waals surface area contributed by atoms with Crippen molar-refractivity contribution in [1.29, 1.82) is 0 Å². The van der Waals surface area contributed by atoms with Crippen LogP contribution in [0.4, 0.5) is 0 Å². The van der Waals surface area contributed by atoms with E-state index in [1.807, 2.05) is 24.4 Å². The van der Waals surface area contributed by atoms with E-state index in [1.165, 1.54) is 5.39 Å². The summed E-state index contributed by atoms with van der Waals surface area (Å²) >= 11 is 7.04. The molecule has 2 aromatic carbocycles. The summed E-state index contributed by atoms with van der Waals surface area (Å²) in [5, 5.41) is 2.31. The van der Waals surface area contributed by atoms with Gasteiger partial charge in [-0.05, 0) is 36.4 Å². The van der Waals surface area contributed by atoms with Crippen molar-refractivity contribution in [3.05, 3.63) is 63.7 Å². The molecule has 0 spiro atoms. The van der Waals surface area contributed by atoms with E-state index < -0.39 is 0 Å². The van der Waals surface area contributed by atoms with E-state index >= 15 is 0 Å². The Morgan fingerprint density at radius 1 is 0.857 bits per heavy atom. The number of nitrogens with zero attached hydrogens (tertiary/aromatic N) is 1. The maximum absolute atomic E-state index is 4.79. The van der Waals surface area contributed by atoms with Crippen LogP contribution in [0.15, 0.2) is 63.7 Å². The molecular weight excluding hydrogens is 392 g/mol. The van der Waals surface area contributed by atoms with Crippen LogP contribution in [0.1, 0.15) is 0 Å². The van der Waals surface area contributed by atoms with E-state index in [-0.39, 0.29) is 0 Å². The van der Waals surface area contributed by atoms with Crippen LogP contribution in [0, 0.1) is 0 Å². The summed E-state index contributed by atoms with van der Waals surface area (Å²) in [6.45, 7) is 0. The highest BCUT2D eigenvalue weighted by molar-refractivity contribution is 9.10. The number of benzene rings is 2. The molecule has 0 radical (unpaired) electrons. The van der Waals surface area contributed by atoms with E-state index in [1.54, 1.807) is 0 Å². The SMILES string of the molecule is Brc1ccc2ccc(-c3c[nH]c4ccc(Br)cc34)nc2c1. The van der Waals surface area contributed by atoms with Crippen molar-refractivity contribution in [3.8, 4) is 11.3 Å². The Kier molecular flexibility index (Phi) is 3.08. The number of pyridine rings is 1. The first kappa shape index (κ1) is 13.0. The zero-order chi connectivity index (χ0) is 14.4. The van der Waals surface area contributed by atoms with E-state index in [2.05, 4.69) is 67.2 Å². The number of hydrogen-bond acceptors (Lipinski definition) is 1. The first-order valence-corrected chi connectivity index (χ1v) is 8.13. The zero-order valence-corrected chi connectivity index (χ0v) is 14.1. The predicted molar refractivity (Wildman–Crippen MR) is 94.4 cm³/mol. The second-order valence-electron chi connectivity index (χ2n) is 4.93. The molecule has 1 N–H and O–H groups in total. The van der Waals surface area contributed by atoms with Gasteiger partial charge >= 0.3 is 0 Å². The summed E-state index contributed by atoms with van der Waals surface area (Å²) in [5.41, 5.74) is 4.20. The number of aromatic amines is 1. The van der Waals surface area contributed by atoms with Crippen LogP contribution in [-0.4, -0.2) is 9.97 Å². The largest absolute Gasteiger partial charge is 0.360 e. The molecule has 0 amide bonds. The molecule has 0 fully saturated rings. The number of hydrogen-bond donors (Lipinski definition) is 1. The molecule has 4 heteroatoms. The van der Waals surface area contributed by atoms with Gasteiger partial charge in [0.05, 0.1) is 11.2 Å². The fraction of sp³-hybridized carbons (Fsp3) is 0. The minimum Gasteiger partial charge on any atom is -0.360 e. The third-order valence-corrected chi connectivity index (χ3v) is 4.56. The van der Waals surface area contributed by atoms with Gasteiger partial charge in [0.25, 0.3) is 0 Å². The van der Waals surface area contributed by atoms with E-state index in [0.29, 0.717) is 0 Å². The first-order valence-electron chi connectivity index (χ1n) is 6.54.